The quantitative estimate of drug-likeness (QED) is 0.496. The maximum atomic E-state index is 13.8. The second kappa shape index (κ2) is 12.0. The van der Waals surface area contributed by atoms with Gasteiger partial charge >= 0.3 is 10.2 Å². The molecule has 198 valence electrons. The number of hydrogen-bond acceptors (Lipinski definition) is 4. The molecule has 0 saturated heterocycles. The van der Waals surface area contributed by atoms with Crippen molar-refractivity contribution in [1.82, 2.24) is 14.5 Å². The first kappa shape index (κ1) is 29.5. The van der Waals surface area contributed by atoms with E-state index in [4.69, 9.17) is 11.6 Å². The van der Waals surface area contributed by atoms with E-state index in [0.29, 0.717) is 10.6 Å². The Kier molecular flexibility index (Phi) is 9.87. The van der Waals surface area contributed by atoms with Crippen molar-refractivity contribution < 1.29 is 22.4 Å². The zero-order chi connectivity index (χ0) is 27.3. The van der Waals surface area contributed by atoms with E-state index >= 15 is 0 Å². The number of rotatable bonds is 10. The number of nitrogens with one attached hydrogen (secondary N) is 1. The van der Waals surface area contributed by atoms with E-state index in [9.17, 15) is 22.4 Å². The van der Waals surface area contributed by atoms with Crippen molar-refractivity contribution in [1.29, 1.82) is 0 Å². The van der Waals surface area contributed by atoms with E-state index in [1.54, 1.807) is 31.2 Å². The molecule has 2 aromatic carbocycles. The molecule has 0 aliphatic carbocycles. The monoisotopic (exact) mass is 540 g/mol. The largest absolute Gasteiger partial charge is 0.350 e. The molecule has 0 aromatic heterocycles. The molecule has 0 radical (unpaired) electrons. The van der Waals surface area contributed by atoms with E-state index in [-0.39, 0.29) is 24.6 Å². The highest BCUT2D eigenvalue weighted by Crippen LogP contribution is 2.23. The molecule has 1 atom stereocenters. The molecule has 2 rings (SSSR count). The van der Waals surface area contributed by atoms with Crippen molar-refractivity contribution in [2.24, 2.45) is 0 Å². The van der Waals surface area contributed by atoms with Crippen LogP contribution in [0, 0.1) is 5.82 Å². The van der Waals surface area contributed by atoms with E-state index in [1.807, 2.05) is 20.8 Å². The molecule has 0 unspecified atom stereocenters. The molecule has 8 nitrogen and oxygen atoms in total. The predicted octanol–water partition coefficient (Wildman–Crippen LogP) is 3.81. The highest BCUT2D eigenvalue weighted by Gasteiger charge is 2.34. The van der Waals surface area contributed by atoms with Crippen molar-refractivity contribution in [2.75, 3.05) is 24.9 Å². The van der Waals surface area contributed by atoms with E-state index in [1.165, 1.54) is 31.1 Å². The van der Waals surface area contributed by atoms with Gasteiger partial charge in [-0.1, -0.05) is 36.7 Å². The Morgan fingerprint density at radius 3 is 2.14 bits per heavy atom. The fourth-order valence-corrected chi connectivity index (χ4v) is 4.76. The van der Waals surface area contributed by atoms with Gasteiger partial charge in [-0.3, -0.25) is 9.59 Å². The van der Waals surface area contributed by atoms with Gasteiger partial charge in [0.15, 0.2) is 0 Å². The topological polar surface area (TPSA) is 90.0 Å². The molecule has 1 N–H and O–H groups in total. The molecule has 11 heteroatoms. The van der Waals surface area contributed by atoms with Gasteiger partial charge in [0.2, 0.25) is 11.8 Å². The first-order valence-corrected chi connectivity index (χ1v) is 13.3. The van der Waals surface area contributed by atoms with Crippen molar-refractivity contribution in [2.45, 2.75) is 52.2 Å². The molecular weight excluding hydrogens is 507 g/mol. The molecule has 0 aliphatic rings. The SMILES string of the molecule is CC[C@@H](C(=O)NC(C)(C)C)N(Cc1ccccc1Cl)C(=O)CN(c1ccc(F)cc1)S(=O)(=O)N(C)C. The van der Waals surface area contributed by atoms with Crippen molar-refractivity contribution in [3.63, 3.8) is 0 Å². The summed E-state index contributed by atoms with van der Waals surface area (Å²) >= 11 is 6.35. The first-order chi connectivity index (χ1) is 16.7. The lowest BCUT2D eigenvalue weighted by Gasteiger charge is -2.35. The Balaban J connectivity index is 2.53. The molecule has 0 fully saturated rings. The third kappa shape index (κ3) is 7.65. The predicted molar refractivity (Wildman–Crippen MR) is 140 cm³/mol. The minimum absolute atomic E-state index is 0.00611. The van der Waals surface area contributed by atoms with Crippen LogP contribution in [0.4, 0.5) is 10.1 Å². The lowest BCUT2D eigenvalue weighted by atomic mass is 10.1. The van der Waals surface area contributed by atoms with Crippen LogP contribution in [0.25, 0.3) is 0 Å². The summed E-state index contributed by atoms with van der Waals surface area (Å²) in [6.45, 7) is 6.66. The third-order valence-corrected chi connectivity index (χ3v) is 7.50. The summed E-state index contributed by atoms with van der Waals surface area (Å²) in [7, 11) is -1.45. The number of hydrogen-bond donors (Lipinski definition) is 1. The molecule has 0 heterocycles. The van der Waals surface area contributed by atoms with Gasteiger partial charge in [0, 0.05) is 31.2 Å². The van der Waals surface area contributed by atoms with Gasteiger partial charge in [-0.05, 0) is 63.1 Å². The summed E-state index contributed by atoms with van der Waals surface area (Å²) in [5.41, 5.74) is 0.180. The van der Waals surface area contributed by atoms with Crippen LogP contribution in [0.1, 0.15) is 39.7 Å². The minimum Gasteiger partial charge on any atom is -0.350 e. The van der Waals surface area contributed by atoms with Gasteiger partial charge in [0.05, 0.1) is 5.69 Å². The zero-order valence-corrected chi connectivity index (χ0v) is 23.0. The van der Waals surface area contributed by atoms with Crippen LogP contribution in [0.2, 0.25) is 5.02 Å². The van der Waals surface area contributed by atoms with Gasteiger partial charge in [-0.2, -0.15) is 12.7 Å². The molecule has 36 heavy (non-hydrogen) atoms. The van der Waals surface area contributed by atoms with Crippen molar-refractivity contribution in [3.05, 3.63) is 64.9 Å². The lowest BCUT2D eigenvalue weighted by Crippen LogP contribution is -2.55. The van der Waals surface area contributed by atoms with Crippen LogP contribution in [0.3, 0.4) is 0 Å². The Morgan fingerprint density at radius 1 is 1.06 bits per heavy atom. The molecule has 2 aromatic rings. The van der Waals surface area contributed by atoms with E-state index < -0.39 is 40.1 Å². The number of amides is 2. The van der Waals surface area contributed by atoms with Crippen LogP contribution < -0.4 is 9.62 Å². The summed E-state index contributed by atoms with van der Waals surface area (Å²) in [4.78, 5) is 28.3. The van der Waals surface area contributed by atoms with Crippen LogP contribution in [-0.4, -0.2) is 61.7 Å². The average Bonchev–Trinajstić information content (AvgIpc) is 2.77. The molecular formula is C25H34ClFN4O4S. The number of carbonyl (C=O) groups is 2. The highest BCUT2D eigenvalue weighted by atomic mass is 35.5. The minimum atomic E-state index is -4.13. The zero-order valence-electron chi connectivity index (χ0n) is 21.5. The van der Waals surface area contributed by atoms with Crippen molar-refractivity contribution >= 4 is 39.3 Å². The number of carbonyl (C=O) groups excluding carboxylic acids is 2. The fourth-order valence-electron chi connectivity index (χ4n) is 3.51. The first-order valence-electron chi connectivity index (χ1n) is 11.5. The summed E-state index contributed by atoms with van der Waals surface area (Å²) in [5.74, 6) is -1.52. The van der Waals surface area contributed by atoms with Crippen LogP contribution in [0.15, 0.2) is 48.5 Å². The fraction of sp³-hybridized carbons (Fsp3) is 0.440. The van der Waals surface area contributed by atoms with Gasteiger partial charge < -0.3 is 10.2 Å². The average molecular weight is 541 g/mol. The maximum absolute atomic E-state index is 13.8. The lowest BCUT2D eigenvalue weighted by molar-refractivity contribution is -0.141. The normalized spacial score (nSPS) is 12.8. The van der Waals surface area contributed by atoms with Crippen LogP contribution in [-0.2, 0) is 26.3 Å². The second-order valence-corrected chi connectivity index (χ2v) is 12.0. The number of halogens is 2. The summed E-state index contributed by atoms with van der Waals surface area (Å²) in [6, 6.07) is 10.9. The molecule has 2 amide bonds. The Bertz CT molecular complexity index is 1170. The van der Waals surface area contributed by atoms with Crippen LogP contribution in [0.5, 0.6) is 0 Å². The molecule has 0 spiro atoms. The highest BCUT2D eigenvalue weighted by molar-refractivity contribution is 7.90. The number of benzene rings is 2. The summed E-state index contributed by atoms with van der Waals surface area (Å²) in [5, 5.41) is 3.31. The van der Waals surface area contributed by atoms with Gasteiger partial charge in [-0.15, -0.1) is 0 Å². The number of anilines is 1. The van der Waals surface area contributed by atoms with Crippen LogP contribution >= 0.6 is 11.6 Å². The standard InChI is InChI=1S/C25H34ClFN4O4S/c1-7-22(24(33)28-25(2,3)4)30(16-18-10-8-9-11-21(18)26)23(32)17-31(36(34,35)29(5)6)20-14-12-19(27)13-15-20/h8-15,22H,7,16-17H2,1-6H3,(H,28,33)/t22-/m0/s1. The van der Waals surface area contributed by atoms with Gasteiger partial charge in [0.1, 0.15) is 18.4 Å². The van der Waals surface area contributed by atoms with Crippen molar-refractivity contribution in [3.8, 4) is 0 Å². The Hall–Kier alpha value is -2.69. The molecule has 0 bridgehead atoms. The van der Waals surface area contributed by atoms with E-state index in [0.717, 1.165) is 20.7 Å². The van der Waals surface area contributed by atoms with Gasteiger partial charge in [0.25, 0.3) is 0 Å². The molecule has 0 saturated carbocycles. The van der Waals surface area contributed by atoms with Gasteiger partial charge in [-0.25, -0.2) is 8.70 Å². The molecule has 0 aliphatic heterocycles. The second-order valence-electron chi connectivity index (χ2n) is 9.55. The Labute approximate surface area is 218 Å². The third-order valence-electron chi connectivity index (χ3n) is 5.32. The smallest absolute Gasteiger partial charge is 0.304 e. The van der Waals surface area contributed by atoms with E-state index in [2.05, 4.69) is 5.32 Å². The summed E-state index contributed by atoms with van der Waals surface area (Å²) in [6.07, 6.45) is 0.287. The maximum Gasteiger partial charge on any atom is 0.304 e. The Morgan fingerprint density at radius 2 is 1.64 bits per heavy atom. The number of nitrogens with zero attached hydrogens (tertiary/aromatic N) is 3. The summed E-state index contributed by atoms with van der Waals surface area (Å²) < 4.78 is 41.7.